The van der Waals surface area contributed by atoms with E-state index in [-0.39, 0.29) is 24.9 Å². The quantitative estimate of drug-likeness (QED) is 0.380. The molecule has 1 N–H and O–H groups in total. The number of ketones is 1. The molecule has 0 saturated heterocycles. The van der Waals surface area contributed by atoms with Crippen LogP contribution in [0.4, 0.5) is 5.69 Å². The summed E-state index contributed by atoms with van der Waals surface area (Å²) in [6.45, 7) is 4.03. The van der Waals surface area contributed by atoms with Gasteiger partial charge in [-0.2, -0.15) is 0 Å². The molecule has 1 heterocycles. The molecule has 8 nitrogen and oxygen atoms in total. The van der Waals surface area contributed by atoms with Crippen molar-refractivity contribution >= 4 is 23.4 Å². The Bertz CT molecular complexity index is 993. The molecular weight excluding hydrogens is 424 g/mol. The molecule has 1 aromatic carbocycles. The zero-order valence-corrected chi connectivity index (χ0v) is 20.1. The standard InChI is InChI=1S/C25H32N2O6/c1-14-13-18-22(23(28)19(14)24(29)32-6)21(16-7-9-17(10-8-16)27(3)4)20(15(2)26-18)25(30)33-12-11-31-5/h7-10,14,19,21,26H,11-13H2,1-6H3/t14-,19-,21-/m1/s1. The Kier molecular flexibility index (Phi) is 7.58. The summed E-state index contributed by atoms with van der Waals surface area (Å²) in [6, 6.07) is 7.69. The Morgan fingerprint density at radius 3 is 2.36 bits per heavy atom. The number of carbonyl (C=O) groups excluding carboxylic acids is 3. The number of nitrogens with one attached hydrogen (secondary N) is 1. The van der Waals surface area contributed by atoms with Gasteiger partial charge in [-0.1, -0.05) is 19.1 Å². The molecule has 1 aliphatic heterocycles. The average molecular weight is 457 g/mol. The van der Waals surface area contributed by atoms with Gasteiger partial charge in [0.25, 0.3) is 0 Å². The van der Waals surface area contributed by atoms with Crippen LogP contribution >= 0.6 is 0 Å². The molecule has 0 fully saturated rings. The third-order valence-corrected chi connectivity index (χ3v) is 6.23. The van der Waals surface area contributed by atoms with Crippen molar-refractivity contribution in [3.05, 3.63) is 52.4 Å². The van der Waals surface area contributed by atoms with Gasteiger partial charge >= 0.3 is 11.9 Å². The molecule has 33 heavy (non-hydrogen) atoms. The van der Waals surface area contributed by atoms with Crippen LogP contribution in [0.1, 0.15) is 31.7 Å². The maximum absolute atomic E-state index is 13.7. The summed E-state index contributed by atoms with van der Waals surface area (Å²) in [6.07, 6.45) is 0.496. The van der Waals surface area contributed by atoms with Gasteiger partial charge in [0.15, 0.2) is 5.78 Å². The van der Waals surface area contributed by atoms with Crippen LogP contribution in [0, 0.1) is 11.8 Å². The molecule has 0 saturated carbocycles. The fraction of sp³-hybridized carbons (Fsp3) is 0.480. The van der Waals surface area contributed by atoms with E-state index in [1.54, 1.807) is 6.92 Å². The molecule has 3 rings (SSSR count). The topological polar surface area (TPSA) is 94.2 Å². The predicted molar refractivity (Wildman–Crippen MR) is 124 cm³/mol. The number of dihydropyridines is 1. The first kappa shape index (κ1) is 24.5. The van der Waals surface area contributed by atoms with Crippen LogP contribution in [-0.2, 0) is 28.6 Å². The lowest BCUT2D eigenvalue weighted by Crippen LogP contribution is -2.43. The number of hydrogen-bond donors (Lipinski definition) is 1. The van der Waals surface area contributed by atoms with E-state index in [1.165, 1.54) is 14.2 Å². The second kappa shape index (κ2) is 10.2. The molecule has 178 valence electrons. The molecular formula is C25H32N2O6. The van der Waals surface area contributed by atoms with Crippen molar-refractivity contribution in [1.82, 2.24) is 5.32 Å². The van der Waals surface area contributed by atoms with Gasteiger partial charge < -0.3 is 24.4 Å². The first-order chi connectivity index (χ1) is 15.7. The summed E-state index contributed by atoms with van der Waals surface area (Å²) in [7, 11) is 6.69. The van der Waals surface area contributed by atoms with Crippen molar-refractivity contribution in [3.63, 3.8) is 0 Å². The van der Waals surface area contributed by atoms with Crippen LogP contribution < -0.4 is 10.2 Å². The summed E-state index contributed by atoms with van der Waals surface area (Å²) < 4.78 is 15.4. The minimum atomic E-state index is -0.914. The Labute approximate surface area is 194 Å². The fourth-order valence-corrected chi connectivity index (χ4v) is 4.54. The molecule has 0 spiro atoms. The smallest absolute Gasteiger partial charge is 0.336 e. The highest BCUT2D eigenvalue weighted by atomic mass is 16.6. The molecule has 0 aromatic heterocycles. The van der Waals surface area contributed by atoms with Gasteiger partial charge in [0.05, 0.1) is 19.3 Å². The first-order valence-electron chi connectivity index (χ1n) is 11.0. The Hall–Kier alpha value is -3.13. The molecule has 2 aliphatic rings. The minimum absolute atomic E-state index is 0.0973. The van der Waals surface area contributed by atoms with Crippen LogP contribution in [0.25, 0.3) is 0 Å². The van der Waals surface area contributed by atoms with Crippen molar-refractivity contribution in [2.45, 2.75) is 26.2 Å². The van der Waals surface area contributed by atoms with Gasteiger partial charge in [-0.25, -0.2) is 4.79 Å². The lowest BCUT2D eigenvalue weighted by Gasteiger charge is -2.38. The maximum Gasteiger partial charge on any atom is 0.336 e. The van der Waals surface area contributed by atoms with Crippen molar-refractivity contribution in [3.8, 4) is 0 Å². The second-order valence-electron chi connectivity index (χ2n) is 8.65. The minimum Gasteiger partial charge on any atom is -0.468 e. The van der Waals surface area contributed by atoms with Crippen LogP contribution in [0.15, 0.2) is 46.8 Å². The molecule has 3 atom stereocenters. The van der Waals surface area contributed by atoms with E-state index in [9.17, 15) is 14.4 Å². The molecule has 0 bridgehead atoms. The number of carbonyl (C=O) groups is 3. The van der Waals surface area contributed by atoms with Gasteiger partial charge in [0, 0.05) is 49.8 Å². The van der Waals surface area contributed by atoms with Crippen LogP contribution in [0.5, 0.6) is 0 Å². The van der Waals surface area contributed by atoms with Gasteiger partial charge in [-0.15, -0.1) is 0 Å². The molecule has 1 aliphatic carbocycles. The number of esters is 2. The van der Waals surface area contributed by atoms with E-state index in [2.05, 4.69) is 5.32 Å². The molecule has 1 aromatic rings. The summed E-state index contributed by atoms with van der Waals surface area (Å²) in [5.41, 5.74) is 3.91. The van der Waals surface area contributed by atoms with Gasteiger partial charge in [0.2, 0.25) is 0 Å². The average Bonchev–Trinajstić information content (AvgIpc) is 2.78. The van der Waals surface area contributed by atoms with Crippen molar-refractivity contribution < 1.29 is 28.6 Å². The number of methoxy groups -OCH3 is 2. The van der Waals surface area contributed by atoms with Gasteiger partial charge in [0.1, 0.15) is 12.5 Å². The molecule has 0 unspecified atom stereocenters. The molecule has 0 amide bonds. The van der Waals surface area contributed by atoms with Crippen molar-refractivity contribution in [1.29, 1.82) is 0 Å². The van der Waals surface area contributed by atoms with E-state index < -0.39 is 23.8 Å². The summed E-state index contributed by atoms with van der Waals surface area (Å²) in [5, 5.41) is 3.25. The third kappa shape index (κ3) is 4.80. The summed E-state index contributed by atoms with van der Waals surface area (Å²) in [4.78, 5) is 41.3. The SMILES string of the molecule is COCCOC(=O)C1=C(C)NC2=C(C(=O)[C@H](C(=O)OC)[C@H](C)C2)[C@@H]1c1ccc(N(C)C)cc1. The van der Waals surface area contributed by atoms with Gasteiger partial charge in [-0.05, 0) is 37.0 Å². The summed E-state index contributed by atoms with van der Waals surface area (Å²) in [5.74, 6) is -3.19. The highest BCUT2D eigenvalue weighted by molar-refractivity contribution is 6.12. The largest absolute Gasteiger partial charge is 0.468 e. The first-order valence-corrected chi connectivity index (χ1v) is 11.0. The van der Waals surface area contributed by atoms with Gasteiger partial charge in [-0.3, -0.25) is 9.59 Å². The second-order valence-corrected chi connectivity index (χ2v) is 8.65. The van der Waals surface area contributed by atoms with E-state index in [0.29, 0.717) is 23.3 Å². The Morgan fingerprint density at radius 2 is 1.79 bits per heavy atom. The van der Waals surface area contributed by atoms with Crippen molar-refractivity contribution in [2.75, 3.05) is 46.4 Å². The monoisotopic (exact) mass is 456 g/mol. The third-order valence-electron chi connectivity index (χ3n) is 6.23. The number of nitrogens with zero attached hydrogens (tertiary/aromatic N) is 1. The number of hydrogen-bond acceptors (Lipinski definition) is 8. The highest BCUT2D eigenvalue weighted by Gasteiger charge is 2.47. The lowest BCUT2D eigenvalue weighted by atomic mass is 9.69. The van der Waals surface area contributed by atoms with E-state index >= 15 is 0 Å². The predicted octanol–water partition coefficient (Wildman–Crippen LogP) is 2.56. The Morgan fingerprint density at radius 1 is 1.12 bits per heavy atom. The number of allylic oxidation sites excluding steroid dienone is 3. The maximum atomic E-state index is 13.7. The van der Waals surface area contributed by atoms with E-state index in [1.807, 2.05) is 50.2 Å². The number of rotatable bonds is 7. The normalized spacial score (nSPS) is 22.5. The summed E-state index contributed by atoms with van der Waals surface area (Å²) >= 11 is 0. The number of benzene rings is 1. The number of ether oxygens (including phenoxy) is 3. The lowest BCUT2D eigenvalue weighted by molar-refractivity contribution is -0.151. The van der Waals surface area contributed by atoms with Crippen LogP contribution in [0.3, 0.4) is 0 Å². The molecule has 8 heteroatoms. The molecule has 0 radical (unpaired) electrons. The van der Waals surface area contributed by atoms with Crippen molar-refractivity contribution in [2.24, 2.45) is 11.8 Å². The zero-order chi connectivity index (χ0) is 24.3. The highest BCUT2D eigenvalue weighted by Crippen LogP contribution is 2.45. The number of anilines is 1. The van der Waals surface area contributed by atoms with E-state index in [4.69, 9.17) is 14.2 Å². The zero-order valence-electron chi connectivity index (χ0n) is 20.1. The fourth-order valence-electron chi connectivity index (χ4n) is 4.54. The number of Topliss-reactive ketones (excluding diaryl/α,β-unsaturated/α-hetero) is 1. The van der Waals surface area contributed by atoms with Crippen LogP contribution in [-0.4, -0.2) is 59.3 Å². The van der Waals surface area contributed by atoms with E-state index in [0.717, 1.165) is 16.9 Å². The van der Waals surface area contributed by atoms with Crippen LogP contribution in [0.2, 0.25) is 0 Å². The Balaban J connectivity index is 2.12.